The van der Waals surface area contributed by atoms with Crippen LogP contribution in [0.1, 0.15) is 52.9 Å². The Balaban J connectivity index is 1.64. The Hall–Kier alpha value is -1.59. The number of nitrogens with two attached hydrogens (primary N) is 1. The molecular weight excluding hydrogens is 364 g/mol. The van der Waals surface area contributed by atoms with Crippen molar-refractivity contribution < 1.29 is 0 Å². The average molecular weight is 399 g/mol. The molecule has 1 aromatic rings. The highest BCUT2D eigenvalue weighted by atomic mass is 32.2. The van der Waals surface area contributed by atoms with Crippen molar-refractivity contribution in [3.05, 3.63) is 47.7 Å². The number of nitrogens with zero attached hydrogens (tertiary/aromatic N) is 3. The summed E-state index contributed by atoms with van der Waals surface area (Å²) in [5, 5.41) is 0.929. The van der Waals surface area contributed by atoms with Crippen molar-refractivity contribution in [2.75, 3.05) is 18.0 Å². The summed E-state index contributed by atoms with van der Waals surface area (Å²) in [5.41, 5.74) is 8.07. The van der Waals surface area contributed by atoms with Gasteiger partial charge in [0.05, 0.1) is 12.4 Å². The van der Waals surface area contributed by atoms with Crippen LogP contribution in [0.3, 0.4) is 0 Å². The monoisotopic (exact) mass is 398 g/mol. The number of anilines is 1. The van der Waals surface area contributed by atoms with Crippen molar-refractivity contribution in [1.29, 1.82) is 0 Å². The first-order valence-corrected chi connectivity index (χ1v) is 11.3. The highest BCUT2D eigenvalue weighted by Crippen LogP contribution is 2.45. The van der Waals surface area contributed by atoms with Crippen molar-refractivity contribution in [3.8, 4) is 0 Å². The molecule has 0 amide bonds. The summed E-state index contributed by atoms with van der Waals surface area (Å²) >= 11 is 1.67. The van der Waals surface area contributed by atoms with Gasteiger partial charge in [-0.15, -0.1) is 0 Å². The number of hydrogen-bond acceptors (Lipinski definition) is 5. The molecule has 2 heterocycles. The standard InChI is InChI=1S/C23H34N4S/c1-5-8-18(17(3)4)19(6-2)28-22-16-25-21(15-26-22)27-13-11-23(12-14-27)10-7-9-20(23)24/h5-6,8,15-17,20H,1,7,9-14,24H2,2-4H3/b18-8-,19-6+/t20-/m0/s1. The van der Waals surface area contributed by atoms with E-state index in [-0.39, 0.29) is 0 Å². The van der Waals surface area contributed by atoms with E-state index in [9.17, 15) is 0 Å². The first kappa shape index (κ1) is 21.1. The Morgan fingerprint density at radius 3 is 2.54 bits per heavy atom. The van der Waals surface area contributed by atoms with Crippen LogP contribution in [0.5, 0.6) is 0 Å². The Kier molecular flexibility index (Phi) is 7.00. The van der Waals surface area contributed by atoms with Crippen molar-refractivity contribution in [3.63, 3.8) is 0 Å². The molecule has 3 rings (SSSR count). The summed E-state index contributed by atoms with van der Waals surface area (Å²) in [6.45, 7) is 12.4. The lowest BCUT2D eigenvalue weighted by Crippen LogP contribution is -2.47. The molecule has 28 heavy (non-hydrogen) atoms. The van der Waals surface area contributed by atoms with Gasteiger partial charge in [-0.05, 0) is 49.5 Å². The van der Waals surface area contributed by atoms with Crippen LogP contribution in [0.4, 0.5) is 5.82 Å². The van der Waals surface area contributed by atoms with Crippen LogP contribution < -0.4 is 10.6 Å². The van der Waals surface area contributed by atoms with Gasteiger partial charge in [-0.25, -0.2) is 9.97 Å². The van der Waals surface area contributed by atoms with E-state index in [0.29, 0.717) is 17.4 Å². The second kappa shape index (κ2) is 9.27. The fourth-order valence-corrected chi connectivity index (χ4v) is 5.55. The number of allylic oxidation sites excluding steroid dienone is 4. The molecule has 1 spiro atoms. The van der Waals surface area contributed by atoms with Crippen molar-refractivity contribution in [1.82, 2.24) is 9.97 Å². The SMILES string of the molecule is C=C/C=C(\C(=C/C)Sc1cnc(N2CCC3(CCC[C@@H]3N)CC2)cn1)C(C)C. The van der Waals surface area contributed by atoms with E-state index in [1.54, 1.807) is 11.8 Å². The van der Waals surface area contributed by atoms with Crippen LogP contribution in [0.15, 0.2) is 52.7 Å². The van der Waals surface area contributed by atoms with Gasteiger partial charge < -0.3 is 10.6 Å². The van der Waals surface area contributed by atoms with Crippen molar-refractivity contribution >= 4 is 17.6 Å². The Morgan fingerprint density at radius 2 is 2.04 bits per heavy atom. The minimum Gasteiger partial charge on any atom is -0.355 e. The third kappa shape index (κ3) is 4.52. The first-order valence-electron chi connectivity index (χ1n) is 10.5. The van der Waals surface area contributed by atoms with E-state index in [4.69, 9.17) is 10.7 Å². The molecule has 2 aliphatic rings. The van der Waals surface area contributed by atoms with E-state index in [1.807, 2.05) is 18.5 Å². The van der Waals surface area contributed by atoms with Gasteiger partial charge in [0, 0.05) is 24.0 Å². The van der Waals surface area contributed by atoms with Gasteiger partial charge in [-0.1, -0.05) is 56.8 Å². The van der Waals surface area contributed by atoms with Gasteiger partial charge in [0.25, 0.3) is 0 Å². The summed E-state index contributed by atoms with van der Waals surface area (Å²) in [5.74, 6) is 1.42. The molecule has 1 saturated heterocycles. The molecule has 4 nitrogen and oxygen atoms in total. The van der Waals surface area contributed by atoms with Crippen LogP contribution >= 0.6 is 11.8 Å². The first-order chi connectivity index (χ1) is 13.5. The van der Waals surface area contributed by atoms with Gasteiger partial charge in [0.1, 0.15) is 10.8 Å². The molecule has 0 aromatic carbocycles. The summed E-state index contributed by atoms with van der Waals surface area (Å²) in [4.78, 5) is 13.0. The van der Waals surface area contributed by atoms with Gasteiger partial charge in [-0.2, -0.15) is 0 Å². The topological polar surface area (TPSA) is 55.0 Å². The molecule has 2 N–H and O–H groups in total. The van der Waals surface area contributed by atoms with Crippen LogP contribution in [0.2, 0.25) is 0 Å². The third-order valence-electron chi connectivity index (χ3n) is 6.35. The highest BCUT2D eigenvalue weighted by molar-refractivity contribution is 8.03. The molecule has 1 saturated carbocycles. The Morgan fingerprint density at radius 1 is 1.29 bits per heavy atom. The van der Waals surface area contributed by atoms with Gasteiger partial charge in [0.15, 0.2) is 0 Å². The number of rotatable bonds is 6. The summed E-state index contributed by atoms with van der Waals surface area (Å²) in [7, 11) is 0. The zero-order chi connectivity index (χ0) is 20.1. The minimum atomic E-state index is 0.380. The van der Waals surface area contributed by atoms with E-state index in [0.717, 1.165) is 23.9 Å². The molecule has 1 aliphatic heterocycles. The molecule has 0 unspecified atom stereocenters. The fraction of sp³-hybridized carbons (Fsp3) is 0.565. The average Bonchev–Trinajstić information content (AvgIpc) is 3.05. The smallest absolute Gasteiger partial charge is 0.147 e. The predicted molar refractivity (Wildman–Crippen MR) is 120 cm³/mol. The summed E-state index contributed by atoms with van der Waals surface area (Å²) < 4.78 is 0. The fourth-order valence-electron chi connectivity index (χ4n) is 4.58. The Bertz CT molecular complexity index is 727. The molecule has 0 bridgehead atoms. The molecule has 1 aromatic heterocycles. The minimum absolute atomic E-state index is 0.380. The number of thioether (sulfide) groups is 1. The largest absolute Gasteiger partial charge is 0.355 e. The van der Waals surface area contributed by atoms with Crippen molar-refractivity contribution in [2.45, 2.75) is 63.9 Å². The quantitative estimate of drug-likeness (QED) is 0.518. The maximum absolute atomic E-state index is 6.41. The van der Waals surface area contributed by atoms with Crippen LogP contribution in [-0.2, 0) is 0 Å². The second-order valence-electron chi connectivity index (χ2n) is 8.33. The van der Waals surface area contributed by atoms with Crippen LogP contribution in [0, 0.1) is 11.3 Å². The molecule has 1 atom stereocenters. The van der Waals surface area contributed by atoms with E-state index in [1.165, 1.54) is 42.6 Å². The maximum Gasteiger partial charge on any atom is 0.147 e. The molecule has 1 aliphatic carbocycles. The number of hydrogen-bond donors (Lipinski definition) is 1. The summed E-state index contributed by atoms with van der Waals surface area (Å²) in [6, 6.07) is 0.387. The van der Waals surface area contributed by atoms with Gasteiger partial charge >= 0.3 is 0 Å². The molecular formula is C23H34N4S. The molecule has 0 radical (unpaired) electrons. The molecule has 5 heteroatoms. The summed E-state index contributed by atoms with van der Waals surface area (Å²) in [6.07, 6.45) is 16.1. The number of piperidine rings is 1. The lowest BCUT2D eigenvalue weighted by Gasteiger charge is -2.42. The Labute approximate surface area is 174 Å². The van der Waals surface area contributed by atoms with E-state index in [2.05, 4.69) is 49.4 Å². The highest BCUT2D eigenvalue weighted by Gasteiger charge is 2.42. The number of aromatic nitrogens is 2. The van der Waals surface area contributed by atoms with E-state index < -0.39 is 0 Å². The van der Waals surface area contributed by atoms with Crippen LogP contribution in [0.25, 0.3) is 0 Å². The predicted octanol–water partition coefficient (Wildman–Crippen LogP) is 5.34. The zero-order valence-corrected chi connectivity index (χ0v) is 18.3. The maximum atomic E-state index is 6.41. The van der Waals surface area contributed by atoms with Crippen LogP contribution in [-0.4, -0.2) is 29.1 Å². The third-order valence-corrected chi connectivity index (χ3v) is 7.47. The normalized spacial score (nSPS) is 22.9. The lowest BCUT2D eigenvalue weighted by atomic mass is 9.74. The molecule has 2 fully saturated rings. The second-order valence-corrected chi connectivity index (χ2v) is 9.39. The zero-order valence-electron chi connectivity index (χ0n) is 17.5. The molecule has 152 valence electrons. The van der Waals surface area contributed by atoms with Gasteiger partial charge in [-0.3, -0.25) is 0 Å². The van der Waals surface area contributed by atoms with Gasteiger partial charge in [0.2, 0.25) is 0 Å². The lowest BCUT2D eigenvalue weighted by molar-refractivity contribution is 0.197. The van der Waals surface area contributed by atoms with E-state index >= 15 is 0 Å². The van der Waals surface area contributed by atoms with Crippen molar-refractivity contribution in [2.24, 2.45) is 17.1 Å².